The lowest BCUT2D eigenvalue weighted by Crippen LogP contribution is -2.38. The van der Waals surface area contributed by atoms with E-state index in [1.165, 1.54) is 0 Å². The minimum absolute atomic E-state index is 0.110. The van der Waals surface area contributed by atoms with Crippen LogP contribution >= 0.6 is 0 Å². The van der Waals surface area contributed by atoms with Crippen molar-refractivity contribution in [1.29, 1.82) is 0 Å². The predicted molar refractivity (Wildman–Crippen MR) is 127 cm³/mol. The number of oxazole rings is 1. The average molecular weight is 418 g/mol. The first-order valence-electron chi connectivity index (χ1n) is 10.5. The number of carbonyl (C=O) groups excluding carboxylic acids is 1. The molecule has 0 aliphatic rings. The summed E-state index contributed by atoms with van der Waals surface area (Å²) in [6, 6.07) is 35.0. The Hall–Kier alpha value is -4.18. The van der Waals surface area contributed by atoms with Crippen LogP contribution in [0.3, 0.4) is 0 Å². The average Bonchev–Trinajstić information content (AvgIpc) is 3.29. The van der Waals surface area contributed by atoms with Crippen LogP contribution in [0.2, 0.25) is 0 Å². The van der Waals surface area contributed by atoms with Crippen molar-refractivity contribution >= 4 is 22.7 Å². The molecule has 0 saturated heterocycles. The number of hydrogen-bond donors (Lipinski definition) is 1. The molecule has 0 saturated carbocycles. The summed E-state index contributed by atoms with van der Waals surface area (Å²) >= 11 is 0. The lowest BCUT2D eigenvalue weighted by atomic mass is 9.75. The molecule has 0 atom stereocenters. The summed E-state index contributed by atoms with van der Waals surface area (Å²) in [5.74, 6) is 0.448. The Kier molecular flexibility index (Phi) is 5.04. The Morgan fingerprint density at radius 1 is 0.781 bits per heavy atom. The summed E-state index contributed by atoms with van der Waals surface area (Å²) in [6.07, 6.45) is 0. The number of nitrogens with zero attached hydrogens (tertiary/aromatic N) is 1. The van der Waals surface area contributed by atoms with E-state index in [0.29, 0.717) is 22.7 Å². The van der Waals surface area contributed by atoms with E-state index in [1.807, 2.05) is 116 Å². The number of anilines is 1. The second-order valence-electron chi connectivity index (χ2n) is 7.88. The number of carbonyl (C=O) groups is 1. The molecule has 156 valence electrons. The maximum Gasteiger partial charge on any atom is 0.239 e. The molecular weight excluding hydrogens is 396 g/mol. The second kappa shape index (κ2) is 8.16. The lowest BCUT2D eigenvalue weighted by Gasteiger charge is -2.29. The van der Waals surface area contributed by atoms with Gasteiger partial charge in [-0.25, -0.2) is 4.98 Å². The third-order valence-corrected chi connectivity index (χ3v) is 5.82. The fourth-order valence-electron chi connectivity index (χ4n) is 3.94. The molecule has 4 nitrogen and oxygen atoms in total. The van der Waals surface area contributed by atoms with Gasteiger partial charge in [0.25, 0.3) is 0 Å². The second-order valence-corrected chi connectivity index (χ2v) is 7.88. The van der Waals surface area contributed by atoms with Gasteiger partial charge in [0.2, 0.25) is 11.8 Å². The molecule has 5 rings (SSSR count). The Bertz CT molecular complexity index is 1320. The van der Waals surface area contributed by atoms with Crippen LogP contribution in [0.25, 0.3) is 22.6 Å². The van der Waals surface area contributed by atoms with E-state index in [9.17, 15) is 4.79 Å². The number of aromatic nitrogens is 1. The molecule has 1 N–H and O–H groups in total. The molecule has 0 aliphatic heterocycles. The van der Waals surface area contributed by atoms with E-state index in [4.69, 9.17) is 4.42 Å². The number of fused-ring (bicyclic) bond motifs is 1. The van der Waals surface area contributed by atoms with Crippen molar-refractivity contribution in [2.24, 2.45) is 0 Å². The van der Waals surface area contributed by atoms with Crippen molar-refractivity contribution in [3.05, 3.63) is 120 Å². The monoisotopic (exact) mass is 418 g/mol. The SMILES string of the molecule is CC(C(=O)Nc1ccc2oc(-c3ccccc3)nc2c1)(c1ccccc1)c1ccccc1. The van der Waals surface area contributed by atoms with Crippen LogP contribution in [0, 0.1) is 0 Å². The zero-order chi connectivity index (χ0) is 22.0. The summed E-state index contributed by atoms with van der Waals surface area (Å²) in [5.41, 5.74) is 3.97. The fourth-order valence-corrected chi connectivity index (χ4v) is 3.94. The zero-order valence-electron chi connectivity index (χ0n) is 17.7. The van der Waals surface area contributed by atoms with Gasteiger partial charge in [0.15, 0.2) is 5.58 Å². The van der Waals surface area contributed by atoms with Crippen LogP contribution in [0.4, 0.5) is 5.69 Å². The van der Waals surface area contributed by atoms with Gasteiger partial charge in [0.1, 0.15) is 5.52 Å². The summed E-state index contributed by atoms with van der Waals surface area (Å²) < 4.78 is 5.90. The number of rotatable bonds is 5. The maximum absolute atomic E-state index is 13.6. The minimum Gasteiger partial charge on any atom is -0.436 e. The molecular formula is C28H22N2O2. The van der Waals surface area contributed by atoms with Gasteiger partial charge < -0.3 is 9.73 Å². The molecule has 0 fully saturated rings. The highest BCUT2D eigenvalue weighted by Gasteiger charge is 2.37. The number of hydrogen-bond acceptors (Lipinski definition) is 3. The summed E-state index contributed by atoms with van der Waals surface area (Å²) in [5, 5.41) is 3.10. The van der Waals surface area contributed by atoms with Crippen LogP contribution in [-0.4, -0.2) is 10.9 Å². The first-order chi connectivity index (χ1) is 15.6. The molecule has 4 aromatic carbocycles. The Morgan fingerprint density at radius 3 is 1.94 bits per heavy atom. The third-order valence-electron chi connectivity index (χ3n) is 5.82. The van der Waals surface area contributed by atoms with Gasteiger partial charge >= 0.3 is 0 Å². The highest BCUT2D eigenvalue weighted by Crippen LogP contribution is 2.34. The van der Waals surface area contributed by atoms with Gasteiger partial charge in [0.05, 0.1) is 5.41 Å². The first kappa shape index (κ1) is 19.8. The molecule has 0 aliphatic carbocycles. The van der Waals surface area contributed by atoms with Crippen molar-refractivity contribution in [2.45, 2.75) is 12.3 Å². The van der Waals surface area contributed by atoms with Crippen LogP contribution in [-0.2, 0) is 10.2 Å². The van der Waals surface area contributed by atoms with Gasteiger partial charge in [0, 0.05) is 11.3 Å². The van der Waals surface area contributed by atoms with E-state index < -0.39 is 5.41 Å². The van der Waals surface area contributed by atoms with Crippen molar-refractivity contribution < 1.29 is 9.21 Å². The lowest BCUT2D eigenvalue weighted by molar-refractivity contribution is -0.119. The molecule has 0 radical (unpaired) electrons. The minimum atomic E-state index is -0.851. The van der Waals surface area contributed by atoms with Gasteiger partial charge in [-0.1, -0.05) is 78.9 Å². The van der Waals surface area contributed by atoms with E-state index in [0.717, 1.165) is 16.7 Å². The van der Waals surface area contributed by atoms with E-state index in [-0.39, 0.29) is 5.91 Å². The third kappa shape index (κ3) is 3.56. The van der Waals surface area contributed by atoms with Crippen LogP contribution in [0.15, 0.2) is 114 Å². The van der Waals surface area contributed by atoms with Crippen molar-refractivity contribution in [1.82, 2.24) is 4.98 Å². The molecule has 0 bridgehead atoms. The zero-order valence-corrected chi connectivity index (χ0v) is 17.7. The van der Waals surface area contributed by atoms with E-state index in [1.54, 1.807) is 0 Å². The normalized spacial score (nSPS) is 11.4. The molecule has 1 aromatic heterocycles. The molecule has 1 amide bonds. The van der Waals surface area contributed by atoms with Crippen LogP contribution < -0.4 is 5.32 Å². The molecule has 32 heavy (non-hydrogen) atoms. The number of benzene rings is 4. The summed E-state index contributed by atoms with van der Waals surface area (Å²) in [7, 11) is 0. The van der Waals surface area contributed by atoms with Crippen molar-refractivity contribution in [3.63, 3.8) is 0 Å². The predicted octanol–water partition coefficient (Wildman–Crippen LogP) is 6.44. The Morgan fingerprint density at radius 2 is 1.34 bits per heavy atom. The Balaban J connectivity index is 1.49. The fraction of sp³-hybridized carbons (Fsp3) is 0.0714. The topological polar surface area (TPSA) is 55.1 Å². The van der Waals surface area contributed by atoms with Gasteiger partial charge in [-0.15, -0.1) is 0 Å². The summed E-state index contributed by atoms with van der Waals surface area (Å²) in [6.45, 7) is 1.95. The van der Waals surface area contributed by atoms with Crippen molar-refractivity contribution in [3.8, 4) is 11.5 Å². The van der Waals surface area contributed by atoms with Gasteiger partial charge in [-0.05, 0) is 48.4 Å². The number of nitrogens with one attached hydrogen (secondary N) is 1. The largest absolute Gasteiger partial charge is 0.436 e. The van der Waals surface area contributed by atoms with Crippen LogP contribution in [0.1, 0.15) is 18.1 Å². The van der Waals surface area contributed by atoms with E-state index in [2.05, 4.69) is 10.3 Å². The first-order valence-corrected chi connectivity index (χ1v) is 10.5. The smallest absolute Gasteiger partial charge is 0.239 e. The number of amides is 1. The van der Waals surface area contributed by atoms with Crippen molar-refractivity contribution in [2.75, 3.05) is 5.32 Å². The molecule has 4 heteroatoms. The van der Waals surface area contributed by atoms with E-state index >= 15 is 0 Å². The molecule has 1 heterocycles. The summed E-state index contributed by atoms with van der Waals surface area (Å²) in [4.78, 5) is 18.3. The van der Waals surface area contributed by atoms with Gasteiger partial charge in [-0.3, -0.25) is 4.79 Å². The highest BCUT2D eigenvalue weighted by atomic mass is 16.3. The standard InChI is InChI=1S/C28H22N2O2/c1-28(21-13-7-3-8-14-21,22-15-9-4-10-16-22)27(31)29-23-17-18-25-24(19-23)30-26(32-25)20-11-5-2-6-12-20/h2-19H,1H3,(H,29,31). The van der Waals surface area contributed by atoms with Gasteiger partial charge in [-0.2, -0.15) is 0 Å². The Labute approximate surface area is 186 Å². The molecule has 0 spiro atoms. The quantitative estimate of drug-likeness (QED) is 0.357. The highest BCUT2D eigenvalue weighted by molar-refractivity contribution is 6.02. The maximum atomic E-state index is 13.6. The molecule has 5 aromatic rings. The van der Waals surface area contributed by atoms with Crippen LogP contribution in [0.5, 0.6) is 0 Å². The molecule has 0 unspecified atom stereocenters.